The number of rotatable bonds is 52. The Kier molecular flexibility index (Phi) is 48.9. The summed E-state index contributed by atoms with van der Waals surface area (Å²) >= 11 is 17.0. The van der Waals surface area contributed by atoms with Crippen LogP contribution in [0.3, 0.4) is 0 Å². The molecule has 0 aromatic heterocycles. The summed E-state index contributed by atoms with van der Waals surface area (Å²) in [7, 11) is -3.17. The van der Waals surface area contributed by atoms with E-state index in [9.17, 15) is 0 Å². The van der Waals surface area contributed by atoms with Crippen LogP contribution in [0.1, 0.15) is 83.4 Å². The van der Waals surface area contributed by atoms with Crippen LogP contribution in [0.4, 0.5) is 0 Å². The zero-order valence-corrected chi connectivity index (χ0v) is 70.8. The van der Waals surface area contributed by atoms with Crippen LogP contribution < -0.4 is 28.4 Å². The van der Waals surface area contributed by atoms with Gasteiger partial charge < -0.3 is 78.0 Å². The van der Waals surface area contributed by atoms with Crippen molar-refractivity contribution in [3.05, 3.63) is 83.9 Å². The van der Waals surface area contributed by atoms with E-state index in [2.05, 4.69) is 110 Å². The smallest absolute Gasteiger partial charge is 0.311 e. The van der Waals surface area contributed by atoms with E-state index in [0.717, 1.165) is 85.6 Å². The molecule has 3 aromatic carbocycles. The minimum atomic E-state index is -2.35. The molecule has 0 aliphatic rings. The molecule has 0 heterocycles. The molecule has 3 rings (SSSR count). The average molecular weight is 1500 g/mol. The van der Waals surface area contributed by atoms with Gasteiger partial charge in [0.25, 0.3) is 0 Å². The molecule has 95 heavy (non-hydrogen) atoms. The molecule has 0 saturated heterocycles. The third-order valence-electron chi connectivity index (χ3n) is 14.3. The van der Waals surface area contributed by atoms with Crippen LogP contribution in [0.25, 0.3) is 0 Å². The molecule has 26 heteroatoms. The minimum Gasteiger partial charge on any atom is -0.496 e. The Morgan fingerprint density at radius 3 is 1.28 bits per heavy atom. The van der Waals surface area contributed by atoms with E-state index in [1.165, 1.54) is 11.1 Å². The summed E-state index contributed by atoms with van der Waals surface area (Å²) in [4.78, 5) is 0. The third-order valence-corrected chi connectivity index (χ3v) is 34.6. The molecule has 17 nitrogen and oxygen atoms in total. The molecule has 0 aliphatic heterocycles. The van der Waals surface area contributed by atoms with E-state index in [1.807, 2.05) is 70.2 Å². The Labute approximate surface area is 598 Å². The summed E-state index contributed by atoms with van der Waals surface area (Å²) in [5.74, 6) is 5.93. The standard InChI is InChI=1S/C44H78Cl2O10Si3.C19H29ClO5.C6H20O2Si3/c1-35(49-23-21-45)31-37(3)51-25-27-53-41-19-18-40(43(34-41)47-5)16-14-30-58(9,10)56-59(11,12)55-57(7,8)29-13-15-39-17-20-42(44(33-39)48-6)54-28-26-52-38(4)32-36(2)50-24-22-46;1-5-6-16-7-8-17(18(14-16)21-3)24-12-11-23-15(2)13-19(22-4)25-10-9-20;1-9(2)7-11(5,6)8-10(3)4/h17-20,33-38H,13-16,21-32H2,1-12H3;5,7-8,14-15,19H,1,6,9-13H2,2-4H3;9-10H,1-6H3. The second-order valence-electron chi connectivity index (χ2n) is 26.3. The predicted octanol–water partition coefficient (Wildman–Crippen LogP) is 16.6. The molecule has 0 spiro atoms. The first-order valence-electron chi connectivity index (χ1n) is 34.0. The van der Waals surface area contributed by atoms with Crippen molar-refractivity contribution < 1.29 is 78.0 Å². The molecule has 0 aliphatic carbocycles. The largest absolute Gasteiger partial charge is 0.496 e. The molecule has 6 atom stereocenters. The maximum atomic E-state index is 6.94. The monoisotopic (exact) mass is 1500 g/mol. The maximum absolute atomic E-state index is 6.94. The normalized spacial score (nSPS) is 14.0. The Bertz CT molecular complexity index is 2440. The Morgan fingerprint density at radius 1 is 0.442 bits per heavy atom. The summed E-state index contributed by atoms with van der Waals surface area (Å²) in [6.07, 6.45) is 8.85. The van der Waals surface area contributed by atoms with Gasteiger partial charge >= 0.3 is 17.1 Å². The van der Waals surface area contributed by atoms with Gasteiger partial charge in [-0.3, -0.25) is 0 Å². The number of ether oxygens (including phenoxy) is 13. The Balaban J connectivity index is 0.00000102. The van der Waals surface area contributed by atoms with Crippen molar-refractivity contribution in [3.8, 4) is 34.5 Å². The zero-order valence-electron chi connectivity index (χ0n) is 62.2. The van der Waals surface area contributed by atoms with Gasteiger partial charge in [-0.25, -0.2) is 0 Å². The molecular weight excluding hydrogens is 1380 g/mol. The van der Waals surface area contributed by atoms with Gasteiger partial charge in [-0.15, -0.1) is 41.4 Å². The SMILES string of the molecule is C=CCc1ccc(OCCOC(C)CC(OC)OCCCl)c(OC)c1.COc1cc(OCCOC(C)CC(C)OCCCl)ccc1CCC[Si](C)(C)O[Si](C)(C)O[Si](C)(C)CCCc1ccc(OCCOC(C)CC(C)OCCCl)c(OC)c1.C[SiH](C)O[Si](C)(C)O[SiH](C)C. The number of hydrogen-bond acceptors (Lipinski definition) is 17. The Hall–Kier alpha value is -2.07. The number of methoxy groups -OCH3 is 4. The fraction of sp³-hybridized carbons (Fsp3) is 0.710. The Morgan fingerprint density at radius 2 is 0.853 bits per heavy atom. The molecule has 6 unspecified atom stereocenters. The van der Waals surface area contributed by atoms with Crippen molar-refractivity contribution in [3.63, 3.8) is 0 Å². The molecule has 0 fully saturated rings. The first-order valence-corrected chi connectivity index (χ1v) is 53.1. The topological polar surface area (TPSA) is 157 Å². The van der Waals surface area contributed by atoms with Crippen molar-refractivity contribution in [2.45, 2.75) is 213 Å². The van der Waals surface area contributed by atoms with Crippen molar-refractivity contribution in [1.82, 2.24) is 0 Å². The highest BCUT2D eigenvalue weighted by atomic mass is 35.5. The van der Waals surface area contributed by atoms with E-state index in [-0.39, 0.29) is 36.8 Å². The van der Waals surface area contributed by atoms with Gasteiger partial charge in [-0.05, 0) is 217 Å². The first-order chi connectivity index (χ1) is 44.9. The van der Waals surface area contributed by atoms with Gasteiger partial charge in [0.05, 0.1) is 91.5 Å². The van der Waals surface area contributed by atoms with E-state index in [1.54, 1.807) is 28.4 Å². The van der Waals surface area contributed by atoms with Crippen LogP contribution in [0.15, 0.2) is 67.3 Å². The van der Waals surface area contributed by atoms with Gasteiger partial charge in [0.1, 0.15) is 31.3 Å². The van der Waals surface area contributed by atoms with Crippen LogP contribution in [0, 0.1) is 0 Å². The van der Waals surface area contributed by atoms with Crippen LogP contribution in [-0.2, 0) is 68.9 Å². The first kappa shape index (κ1) is 90.9. The summed E-state index contributed by atoms with van der Waals surface area (Å²) in [6, 6.07) is 20.3. The van der Waals surface area contributed by atoms with E-state index in [0.29, 0.717) is 95.0 Å². The second-order valence-corrected chi connectivity index (χ2v) is 48.7. The van der Waals surface area contributed by atoms with Gasteiger partial charge in [-0.1, -0.05) is 24.3 Å². The molecule has 0 radical (unpaired) electrons. The summed E-state index contributed by atoms with van der Waals surface area (Å²) in [5.41, 5.74) is 3.53. The highest BCUT2D eigenvalue weighted by molar-refractivity contribution is 6.87. The number of hydrogen-bond donors (Lipinski definition) is 0. The molecule has 0 N–H and O–H groups in total. The minimum absolute atomic E-state index is 0.0132. The van der Waals surface area contributed by atoms with Crippen molar-refractivity contribution in [1.29, 1.82) is 0 Å². The number of aryl methyl sites for hydroxylation is 2. The average Bonchev–Trinajstić information content (AvgIpc) is 0.972. The molecular formula is C69H127Cl3O17Si6. The lowest BCUT2D eigenvalue weighted by atomic mass is 10.1. The third kappa shape index (κ3) is 44.7. The molecule has 550 valence electrons. The van der Waals surface area contributed by atoms with Crippen LogP contribution in [0.2, 0.25) is 90.7 Å². The zero-order chi connectivity index (χ0) is 71.5. The highest BCUT2D eigenvalue weighted by Gasteiger charge is 2.39. The molecule has 0 saturated carbocycles. The number of halogens is 3. The number of benzene rings is 3. The molecule has 0 bridgehead atoms. The number of allylic oxidation sites excluding steroid dienone is 1. The lowest BCUT2D eigenvalue weighted by Gasteiger charge is -2.39. The fourth-order valence-corrected chi connectivity index (χ4v) is 35.0. The summed E-state index contributed by atoms with van der Waals surface area (Å²) in [5, 5.41) is 0. The van der Waals surface area contributed by atoms with Crippen LogP contribution in [0.5, 0.6) is 34.5 Å². The maximum Gasteiger partial charge on any atom is 0.311 e. The van der Waals surface area contributed by atoms with E-state index in [4.69, 9.17) is 113 Å². The molecule has 3 aromatic rings. The highest BCUT2D eigenvalue weighted by Crippen LogP contribution is 2.33. The van der Waals surface area contributed by atoms with Gasteiger partial charge in [-0.2, -0.15) is 0 Å². The lowest BCUT2D eigenvalue weighted by Crippen LogP contribution is -2.52. The van der Waals surface area contributed by atoms with Crippen molar-refractivity contribution in [2.24, 2.45) is 0 Å². The van der Waals surface area contributed by atoms with Gasteiger partial charge in [0.2, 0.25) is 0 Å². The number of alkyl halides is 3. The summed E-state index contributed by atoms with van der Waals surface area (Å²) in [6.45, 7) is 45.0. The van der Waals surface area contributed by atoms with Gasteiger partial charge in [0.15, 0.2) is 64.0 Å². The van der Waals surface area contributed by atoms with Gasteiger partial charge in [0, 0.05) is 37.2 Å². The van der Waals surface area contributed by atoms with Crippen molar-refractivity contribution in [2.75, 3.05) is 106 Å². The van der Waals surface area contributed by atoms with Crippen molar-refractivity contribution >= 4 is 86.6 Å². The predicted molar refractivity (Wildman–Crippen MR) is 407 cm³/mol. The van der Waals surface area contributed by atoms with E-state index < -0.39 is 51.8 Å². The van der Waals surface area contributed by atoms with Crippen LogP contribution in [-0.4, -0.2) is 194 Å². The fourth-order valence-electron chi connectivity index (χ4n) is 10.8. The lowest BCUT2D eigenvalue weighted by molar-refractivity contribution is -0.142. The second kappa shape index (κ2) is 51.1. The van der Waals surface area contributed by atoms with E-state index >= 15 is 0 Å². The molecule has 0 amide bonds. The van der Waals surface area contributed by atoms with Crippen LogP contribution >= 0.6 is 34.8 Å². The quantitative estimate of drug-likeness (QED) is 0.0173. The summed E-state index contributed by atoms with van der Waals surface area (Å²) < 4.78 is 99.7.